The summed E-state index contributed by atoms with van der Waals surface area (Å²) in [5, 5.41) is 0. The van der Waals surface area contributed by atoms with E-state index in [4.69, 9.17) is 12.2 Å². The molecule has 0 spiro atoms. The fourth-order valence-electron chi connectivity index (χ4n) is 1.60. The quantitative estimate of drug-likeness (QED) is 0.782. The lowest BCUT2D eigenvalue weighted by Gasteiger charge is -2.22. The van der Waals surface area contributed by atoms with Crippen molar-refractivity contribution in [3.8, 4) is 12.3 Å². The van der Waals surface area contributed by atoms with Crippen LogP contribution in [0.4, 0.5) is 5.69 Å². The number of rotatable bonds is 5. The van der Waals surface area contributed by atoms with Crippen LogP contribution in [0.3, 0.4) is 0 Å². The maximum atomic E-state index is 5.74. The first-order valence-electron chi connectivity index (χ1n) is 5.88. The topological polar surface area (TPSA) is 55.0 Å². The standard InChI is InChI=1S/C13H20N4/c1-5-7-17(6-2)12-9-15-13(10(3)4)16-11(12)8-14/h1,9-10H,6-8,14H2,2-4H3. The summed E-state index contributed by atoms with van der Waals surface area (Å²) >= 11 is 0. The Balaban J connectivity index is 3.11. The van der Waals surface area contributed by atoms with E-state index >= 15 is 0 Å². The molecule has 0 unspecified atom stereocenters. The van der Waals surface area contributed by atoms with Crippen molar-refractivity contribution >= 4 is 5.69 Å². The number of terminal acetylenes is 1. The van der Waals surface area contributed by atoms with Crippen molar-refractivity contribution in [2.45, 2.75) is 33.2 Å². The van der Waals surface area contributed by atoms with E-state index in [2.05, 4.69) is 29.7 Å². The SMILES string of the molecule is C#CCN(CC)c1cnc(C(C)C)nc1CN. The Morgan fingerprint density at radius 1 is 1.53 bits per heavy atom. The second-order valence-corrected chi connectivity index (χ2v) is 4.14. The molecule has 0 bridgehead atoms. The molecule has 1 heterocycles. The molecule has 4 nitrogen and oxygen atoms in total. The van der Waals surface area contributed by atoms with Gasteiger partial charge in [-0.3, -0.25) is 0 Å². The van der Waals surface area contributed by atoms with Gasteiger partial charge in [-0.2, -0.15) is 0 Å². The van der Waals surface area contributed by atoms with Crippen molar-refractivity contribution in [1.29, 1.82) is 0 Å². The summed E-state index contributed by atoms with van der Waals surface area (Å²) in [5.74, 6) is 3.76. The van der Waals surface area contributed by atoms with Crippen molar-refractivity contribution < 1.29 is 0 Å². The number of hydrogen-bond donors (Lipinski definition) is 1. The van der Waals surface area contributed by atoms with E-state index in [1.165, 1.54) is 0 Å². The van der Waals surface area contributed by atoms with Crippen LogP contribution in [0, 0.1) is 12.3 Å². The molecule has 0 radical (unpaired) electrons. The maximum absolute atomic E-state index is 5.74. The van der Waals surface area contributed by atoms with Crippen LogP contribution in [0.1, 0.15) is 38.2 Å². The lowest BCUT2D eigenvalue weighted by molar-refractivity contribution is 0.748. The highest BCUT2D eigenvalue weighted by molar-refractivity contribution is 5.50. The summed E-state index contributed by atoms with van der Waals surface area (Å²) in [7, 11) is 0. The molecular weight excluding hydrogens is 212 g/mol. The fraction of sp³-hybridized carbons (Fsp3) is 0.538. The Bertz CT molecular complexity index is 406. The molecule has 0 aliphatic heterocycles. The maximum Gasteiger partial charge on any atom is 0.131 e. The second kappa shape index (κ2) is 6.21. The van der Waals surface area contributed by atoms with Crippen LogP contribution < -0.4 is 10.6 Å². The minimum Gasteiger partial charge on any atom is -0.358 e. The number of hydrogen-bond acceptors (Lipinski definition) is 4. The number of nitrogens with two attached hydrogens (primary N) is 1. The van der Waals surface area contributed by atoms with E-state index in [9.17, 15) is 0 Å². The van der Waals surface area contributed by atoms with Crippen molar-refractivity contribution in [1.82, 2.24) is 9.97 Å². The van der Waals surface area contributed by atoms with E-state index in [-0.39, 0.29) is 0 Å². The van der Waals surface area contributed by atoms with Gasteiger partial charge in [0.05, 0.1) is 24.1 Å². The normalized spacial score (nSPS) is 10.4. The molecule has 0 aromatic carbocycles. The molecule has 92 valence electrons. The summed E-state index contributed by atoms with van der Waals surface area (Å²) in [6, 6.07) is 0. The number of aromatic nitrogens is 2. The number of nitrogens with zero attached hydrogens (tertiary/aromatic N) is 3. The molecule has 2 N–H and O–H groups in total. The minimum atomic E-state index is 0.303. The van der Waals surface area contributed by atoms with E-state index in [1.807, 2.05) is 18.0 Å². The Morgan fingerprint density at radius 2 is 2.24 bits per heavy atom. The highest BCUT2D eigenvalue weighted by Gasteiger charge is 2.12. The molecule has 4 heteroatoms. The van der Waals surface area contributed by atoms with Crippen LogP contribution in [0.5, 0.6) is 0 Å². The lowest BCUT2D eigenvalue weighted by Crippen LogP contribution is -2.26. The van der Waals surface area contributed by atoms with Gasteiger partial charge in [0.1, 0.15) is 5.82 Å². The zero-order valence-corrected chi connectivity index (χ0v) is 10.8. The van der Waals surface area contributed by atoms with Crippen LogP contribution in [0.2, 0.25) is 0 Å². The van der Waals surface area contributed by atoms with Gasteiger partial charge in [0.2, 0.25) is 0 Å². The molecule has 0 atom stereocenters. The summed E-state index contributed by atoms with van der Waals surface area (Å²) < 4.78 is 0. The monoisotopic (exact) mass is 232 g/mol. The Kier molecular flexibility index (Phi) is 4.92. The van der Waals surface area contributed by atoms with Gasteiger partial charge in [0.25, 0.3) is 0 Å². The molecule has 1 aromatic heterocycles. The van der Waals surface area contributed by atoms with Gasteiger partial charge in [0.15, 0.2) is 0 Å². The van der Waals surface area contributed by atoms with E-state index in [0.717, 1.165) is 23.8 Å². The smallest absolute Gasteiger partial charge is 0.131 e. The van der Waals surface area contributed by atoms with Gasteiger partial charge >= 0.3 is 0 Å². The van der Waals surface area contributed by atoms with E-state index in [0.29, 0.717) is 19.0 Å². The average Bonchev–Trinajstić information content (AvgIpc) is 2.35. The van der Waals surface area contributed by atoms with Gasteiger partial charge in [-0.15, -0.1) is 6.42 Å². The third-order valence-corrected chi connectivity index (χ3v) is 2.58. The molecule has 0 fully saturated rings. The van der Waals surface area contributed by atoms with Crippen molar-refractivity contribution in [3.63, 3.8) is 0 Å². The van der Waals surface area contributed by atoms with Crippen LogP contribution in [0.25, 0.3) is 0 Å². The highest BCUT2D eigenvalue weighted by atomic mass is 15.1. The Hall–Kier alpha value is -1.60. The first-order chi connectivity index (χ1) is 8.13. The van der Waals surface area contributed by atoms with E-state index in [1.54, 1.807) is 0 Å². The zero-order chi connectivity index (χ0) is 12.8. The van der Waals surface area contributed by atoms with Gasteiger partial charge in [-0.1, -0.05) is 19.8 Å². The zero-order valence-electron chi connectivity index (χ0n) is 10.8. The largest absolute Gasteiger partial charge is 0.358 e. The molecule has 1 aromatic rings. The third kappa shape index (κ3) is 3.18. The van der Waals surface area contributed by atoms with Crippen LogP contribution >= 0.6 is 0 Å². The second-order valence-electron chi connectivity index (χ2n) is 4.14. The Labute approximate surface area is 103 Å². The molecule has 0 saturated heterocycles. The van der Waals surface area contributed by atoms with Crippen molar-refractivity contribution in [2.24, 2.45) is 5.73 Å². The molecular formula is C13H20N4. The minimum absolute atomic E-state index is 0.303. The summed E-state index contributed by atoms with van der Waals surface area (Å²) in [6.45, 7) is 7.95. The fourth-order valence-corrected chi connectivity index (χ4v) is 1.60. The summed E-state index contributed by atoms with van der Waals surface area (Å²) in [4.78, 5) is 10.9. The highest BCUT2D eigenvalue weighted by Crippen LogP contribution is 2.19. The third-order valence-electron chi connectivity index (χ3n) is 2.58. The number of anilines is 1. The lowest BCUT2D eigenvalue weighted by atomic mass is 10.2. The molecule has 0 saturated carbocycles. The average molecular weight is 232 g/mol. The summed E-state index contributed by atoms with van der Waals surface area (Å²) in [6.07, 6.45) is 7.17. The van der Waals surface area contributed by atoms with Gasteiger partial charge in [0, 0.05) is 19.0 Å². The predicted molar refractivity (Wildman–Crippen MR) is 70.7 cm³/mol. The van der Waals surface area contributed by atoms with Crippen LogP contribution in [0.15, 0.2) is 6.20 Å². The molecule has 17 heavy (non-hydrogen) atoms. The Morgan fingerprint density at radius 3 is 2.71 bits per heavy atom. The van der Waals surface area contributed by atoms with Crippen molar-refractivity contribution in [3.05, 3.63) is 17.7 Å². The van der Waals surface area contributed by atoms with Crippen LogP contribution in [-0.4, -0.2) is 23.1 Å². The first-order valence-corrected chi connectivity index (χ1v) is 5.88. The molecule has 0 aliphatic rings. The predicted octanol–water partition coefficient (Wildman–Crippen LogP) is 1.52. The van der Waals surface area contributed by atoms with Gasteiger partial charge < -0.3 is 10.6 Å². The van der Waals surface area contributed by atoms with Crippen LogP contribution in [-0.2, 0) is 6.54 Å². The van der Waals surface area contributed by atoms with E-state index < -0.39 is 0 Å². The first kappa shape index (κ1) is 13.5. The van der Waals surface area contributed by atoms with Crippen molar-refractivity contribution in [2.75, 3.05) is 18.0 Å². The molecule has 1 rings (SSSR count). The summed E-state index contributed by atoms with van der Waals surface area (Å²) in [5.41, 5.74) is 7.54. The molecule has 0 amide bonds. The van der Waals surface area contributed by atoms with Gasteiger partial charge in [-0.05, 0) is 6.92 Å². The molecule has 0 aliphatic carbocycles. The van der Waals surface area contributed by atoms with Gasteiger partial charge in [-0.25, -0.2) is 9.97 Å².